The lowest BCUT2D eigenvalue weighted by Crippen LogP contribution is -2.30. The highest BCUT2D eigenvalue weighted by molar-refractivity contribution is 6.30. The van der Waals surface area contributed by atoms with Crippen LogP contribution in [0.25, 0.3) is 0 Å². The van der Waals surface area contributed by atoms with E-state index in [1.165, 1.54) is 0 Å². The molecule has 23 heavy (non-hydrogen) atoms. The van der Waals surface area contributed by atoms with Crippen molar-refractivity contribution in [2.45, 2.75) is 13.0 Å². The number of hydrogen-bond donors (Lipinski definition) is 1. The Bertz CT molecular complexity index is 825. The third-order valence-electron chi connectivity index (χ3n) is 3.22. The predicted octanol–water partition coefficient (Wildman–Crippen LogP) is 2.28. The van der Waals surface area contributed by atoms with E-state index in [1.54, 1.807) is 55.3 Å². The molecule has 0 radical (unpaired) electrons. The maximum Gasteiger partial charge on any atom is 0.272 e. The molecule has 0 aliphatic rings. The molecule has 1 unspecified atom stereocenters. The van der Waals surface area contributed by atoms with Crippen molar-refractivity contribution in [2.24, 2.45) is 7.05 Å². The number of carbonyl (C=O) groups excluding carboxylic acids is 1. The fraction of sp³-hybridized carbons (Fsp3) is 0.200. The molecule has 0 saturated carbocycles. The molecule has 1 aromatic carbocycles. The van der Waals surface area contributed by atoms with E-state index in [0.29, 0.717) is 22.4 Å². The molecule has 3 rings (SSSR count). The zero-order valence-corrected chi connectivity index (χ0v) is 13.3. The van der Waals surface area contributed by atoms with Crippen molar-refractivity contribution in [3.8, 4) is 0 Å². The molecule has 2 heterocycles. The molecule has 7 nitrogen and oxygen atoms in total. The molecule has 8 heteroatoms. The normalized spacial score (nSPS) is 12.1. The monoisotopic (exact) mass is 331 g/mol. The number of carbonyl (C=O) groups is 1. The van der Waals surface area contributed by atoms with Gasteiger partial charge in [-0.25, -0.2) is 4.98 Å². The third-order valence-corrected chi connectivity index (χ3v) is 3.47. The Morgan fingerprint density at radius 1 is 1.35 bits per heavy atom. The van der Waals surface area contributed by atoms with E-state index in [2.05, 4.69) is 20.4 Å². The summed E-state index contributed by atoms with van der Waals surface area (Å²) in [4.78, 5) is 20.6. The van der Waals surface area contributed by atoms with Gasteiger partial charge in [-0.3, -0.25) is 4.79 Å². The third kappa shape index (κ3) is 3.40. The van der Waals surface area contributed by atoms with Crippen LogP contribution in [0.4, 0.5) is 0 Å². The van der Waals surface area contributed by atoms with Crippen LogP contribution in [0.15, 0.2) is 41.3 Å². The fourth-order valence-electron chi connectivity index (χ4n) is 2.12. The van der Waals surface area contributed by atoms with Gasteiger partial charge in [-0.2, -0.15) is 4.98 Å². The SMILES string of the molecule is Cc1nc(C(NC(=O)c2cn(C)cn2)c2ccc(Cl)cc2)no1. The summed E-state index contributed by atoms with van der Waals surface area (Å²) >= 11 is 5.92. The van der Waals surface area contributed by atoms with Crippen molar-refractivity contribution in [1.82, 2.24) is 25.0 Å². The largest absolute Gasteiger partial charge is 0.340 e. The number of nitrogens with zero attached hydrogens (tertiary/aromatic N) is 4. The van der Waals surface area contributed by atoms with Gasteiger partial charge in [-0.1, -0.05) is 28.9 Å². The van der Waals surface area contributed by atoms with Crippen LogP contribution in [0.5, 0.6) is 0 Å². The molecule has 118 valence electrons. The average molecular weight is 332 g/mol. The standard InChI is InChI=1S/C15H14ClN5O2/c1-9-18-14(20-23-9)13(10-3-5-11(16)6-4-10)19-15(22)12-7-21(2)8-17-12/h3-8,13H,1-2H3,(H,19,22). The Balaban J connectivity index is 1.92. The number of aryl methyl sites for hydroxylation is 2. The minimum absolute atomic E-state index is 0.312. The van der Waals surface area contributed by atoms with Crippen molar-refractivity contribution >= 4 is 17.5 Å². The number of benzene rings is 1. The summed E-state index contributed by atoms with van der Waals surface area (Å²) in [6.45, 7) is 1.69. The number of halogens is 1. The van der Waals surface area contributed by atoms with E-state index >= 15 is 0 Å². The van der Waals surface area contributed by atoms with E-state index in [9.17, 15) is 4.79 Å². The molecule has 0 aliphatic heterocycles. The Morgan fingerprint density at radius 3 is 2.65 bits per heavy atom. The molecule has 0 bridgehead atoms. The predicted molar refractivity (Wildman–Crippen MR) is 83.0 cm³/mol. The van der Waals surface area contributed by atoms with Crippen LogP contribution >= 0.6 is 11.6 Å². The second-order valence-corrected chi connectivity index (χ2v) is 5.49. The summed E-state index contributed by atoms with van der Waals surface area (Å²) in [5.41, 5.74) is 1.10. The first-order valence-electron chi connectivity index (χ1n) is 6.87. The van der Waals surface area contributed by atoms with Crippen molar-refractivity contribution in [3.05, 3.63) is 64.8 Å². The molecule has 1 N–H and O–H groups in total. The van der Waals surface area contributed by atoms with Crippen molar-refractivity contribution in [2.75, 3.05) is 0 Å². The van der Waals surface area contributed by atoms with Crippen LogP contribution in [-0.4, -0.2) is 25.6 Å². The van der Waals surface area contributed by atoms with Gasteiger partial charge in [0.25, 0.3) is 5.91 Å². The number of amides is 1. The summed E-state index contributed by atoms with van der Waals surface area (Å²) < 4.78 is 6.72. The molecule has 1 amide bonds. The van der Waals surface area contributed by atoms with E-state index in [4.69, 9.17) is 16.1 Å². The zero-order valence-electron chi connectivity index (χ0n) is 12.5. The van der Waals surface area contributed by atoms with Crippen LogP contribution in [-0.2, 0) is 7.05 Å². The minimum Gasteiger partial charge on any atom is -0.340 e. The number of rotatable bonds is 4. The first-order chi connectivity index (χ1) is 11.0. The van der Waals surface area contributed by atoms with Crippen LogP contribution < -0.4 is 5.32 Å². The molecule has 0 saturated heterocycles. The van der Waals surface area contributed by atoms with E-state index < -0.39 is 6.04 Å². The van der Waals surface area contributed by atoms with Crippen LogP contribution in [0.2, 0.25) is 5.02 Å². The maximum atomic E-state index is 12.4. The van der Waals surface area contributed by atoms with E-state index in [1.807, 2.05) is 0 Å². The Labute approximate surface area is 137 Å². The quantitative estimate of drug-likeness (QED) is 0.792. The van der Waals surface area contributed by atoms with Gasteiger partial charge < -0.3 is 14.4 Å². The van der Waals surface area contributed by atoms with Crippen LogP contribution in [0, 0.1) is 6.92 Å². The lowest BCUT2D eigenvalue weighted by atomic mass is 10.1. The highest BCUT2D eigenvalue weighted by atomic mass is 35.5. The molecule has 0 spiro atoms. The topological polar surface area (TPSA) is 85.8 Å². The Morgan fingerprint density at radius 2 is 2.09 bits per heavy atom. The van der Waals surface area contributed by atoms with Gasteiger partial charge in [0, 0.05) is 25.2 Å². The highest BCUT2D eigenvalue weighted by Crippen LogP contribution is 2.22. The molecular weight excluding hydrogens is 318 g/mol. The Kier molecular flexibility index (Phi) is 4.12. The first kappa shape index (κ1) is 15.2. The molecule has 1 atom stereocenters. The van der Waals surface area contributed by atoms with Crippen molar-refractivity contribution < 1.29 is 9.32 Å². The lowest BCUT2D eigenvalue weighted by Gasteiger charge is -2.15. The number of nitrogens with one attached hydrogen (secondary N) is 1. The summed E-state index contributed by atoms with van der Waals surface area (Å²) in [6.07, 6.45) is 3.19. The minimum atomic E-state index is -0.556. The Hall–Kier alpha value is -2.67. The van der Waals surface area contributed by atoms with E-state index in [0.717, 1.165) is 5.56 Å². The summed E-state index contributed by atoms with van der Waals surface area (Å²) in [6, 6.07) is 6.53. The zero-order chi connectivity index (χ0) is 16.4. The van der Waals surface area contributed by atoms with Gasteiger partial charge in [0.1, 0.15) is 11.7 Å². The number of aromatic nitrogens is 4. The lowest BCUT2D eigenvalue weighted by molar-refractivity contribution is 0.0936. The second kappa shape index (κ2) is 6.21. The molecule has 2 aromatic heterocycles. The van der Waals surface area contributed by atoms with Crippen molar-refractivity contribution in [1.29, 1.82) is 0 Å². The highest BCUT2D eigenvalue weighted by Gasteiger charge is 2.23. The second-order valence-electron chi connectivity index (χ2n) is 5.05. The molecule has 3 aromatic rings. The van der Waals surface area contributed by atoms with Gasteiger partial charge in [-0.15, -0.1) is 0 Å². The molecule has 0 aliphatic carbocycles. The summed E-state index contributed by atoms with van der Waals surface area (Å²) in [7, 11) is 1.79. The average Bonchev–Trinajstić information content (AvgIpc) is 3.14. The van der Waals surface area contributed by atoms with Gasteiger partial charge >= 0.3 is 0 Å². The number of hydrogen-bond acceptors (Lipinski definition) is 5. The van der Waals surface area contributed by atoms with Crippen LogP contribution in [0.3, 0.4) is 0 Å². The van der Waals surface area contributed by atoms with Gasteiger partial charge in [-0.05, 0) is 17.7 Å². The maximum absolute atomic E-state index is 12.4. The van der Waals surface area contributed by atoms with Gasteiger partial charge in [0.2, 0.25) is 5.89 Å². The van der Waals surface area contributed by atoms with Crippen LogP contribution in [0.1, 0.15) is 33.8 Å². The summed E-state index contributed by atoms with van der Waals surface area (Å²) in [5, 5.41) is 7.38. The van der Waals surface area contributed by atoms with Crippen molar-refractivity contribution in [3.63, 3.8) is 0 Å². The first-order valence-corrected chi connectivity index (χ1v) is 7.25. The van der Waals surface area contributed by atoms with Gasteiger partial charge in [0.05, 0.1) is 6.33 Å². The molecule has 0 fully saturated rings. The molecular formula is C15H14ClN5O2. The smallest absolute Gasteiger partial charge is 0.272 e. The van der Waals surface area contributed by atoms with Gasteiger partial charge in [0.15, 0.2) is 5.82 Å². The number of imidazole rings is 1. The fourth-order valence-corrected chi connectivity index (χ4v) is 2.25. The summed E-state index contributed by atoms with van der Waals surface area (Å²) in [5.74, 6) is 0.466. The van der Waals surface area contributed by atoms with E-state index in [-0.39, 0.29) is 5.91 Å².